The van der Waals surface area contributed by atoms with Gasteiger partial charge in [-0.1, -0.05) is 48.0 Å². The molecule has 0 unspecified atom stereocenters. The lowest BCUT2D eigenvalue weighted by atomic mass is 10.2. The molecule has 0 saturated heterocycles. The molecule has 3 aromatic carbocycles. The lowest BCUT2D eigenvalue weighted by molar-refractivity contribution is 1.29. The maximum atomic E-state index is 5.90. The molecule has 0 spiro atoms. The number of para-hydroxylation sites is 3. The van der Waals surface area contributed by atoms with Crippen molar-refractivity contribution in [2.75, 3.05) is 11.1 Å². The number of rotatable bonds is 2. The minimum absolute atomic E-state index is 0.401. The van der Waals surface area contributed by atoms with Crippen LogP contribution in [0.5, 0.6) is 0 Å². The predicted molar refractivity (Wildman–Crippen MR) is 112 cm³/mol. The Labute approximate surface area is 158 Å². The summed E-state index contributed by atoms with van der Waals surface area (Å²) in [5.41, 5.74) is 9.74. The molecule has 0 saturated carbocycles. The van der Waals surface area contributed by atoms with E-state index in [9.17, 15) is 0 Å². The fourth-order valence-electron chi connectivity index (χ4n) is 2.31. The van der Waals surface area contributed by atoms with Crippen molar-refractivity contribution in [2.45, 2.75) is 11.8 Å². The molecule has 3 N–H and O–H groups in total. The summed E-state index contributed by atoms with van der Waals surface area (Å²) in [6, 6.07) is 25.5. The van der Waals surface area contributed by atoms with Crippen molar-refractivity contribution < 1.29 is 0 Å². The average molecular weight is 360 g/mol. The molecule has 0 atom stereocenters. The molecule has 0 aliphatic rings. The Balaban J connectivity index is 0.000000206. The van der Waals surface area contributed by atoms with E-state index in [2.05, 4.69) is 34.8 Å². The van der Waals surface area contributed by atoms with Crippen LogP contribution in [-0.4, -0.2) is 9.97 Å². The summed E-state index contributed by atoms with van der Waals surface area (Å²) in [4.78, 5) is 9.82. The molecule has 4 aromatic rings. The molecule has 4 rings (SSSR count). The van der Waals surface area contributed by atoms with Crippen LogP contribution in [0.2, 0.25) is 0 Å². The highest BCUT2D eigenvalue weighted by atomic mass is 32.1. The predicted octanol–water partition coefficient (Wildman–Crippen LogP) is 5.24. The highest BCUT2D eigenvalue weighted by Gasteiger charge is 2.05. The van der Waals surface area contributed by atoms with Crippen LogP contribution in [0.1, 0.15) is 5.56 Å². The van der Waals surface area contributed by atoms with Gasteiger partial charge in [0.1, 0.15) is 0 Å². The number of hydrogen-bond acceptors (Lipinski definition) is 5. The van der Waals surface area contributed by atoms with E-state index in [0.717, 1.165) is 21.6 Å². The van der Waals surface area contributed by atoms with Gasteiger partial charge in [-0.2, -0.15) is 0 Å². The van der Waals surface area contributed by atoms with Crippen LogP contribution in [0.3, 0.4) is 0 Å². The standard InChI is InChI=1S/C14H12N4.C7H8S/c15-13-14(16-10-6-2-1-3-7-10)18-12-9-5-4-8-11(12)17-13;1-6-2-4-7(8)5-3-6/h1-9H,(H2,15,17)(H,16,18);2-5,8H,1H3. The van der Waals surface area contributed by atoms with Crippen molar-refractivity contribution in [3.05, 3.63) is 84.4 Å². The van der Waals surface area contributed by atoms with Gasteiger partial charge in [0.15, 0.2) is 11.6 Å². The summed E-state index contributed by atoms with van der Waals surface area (Å²) in [6.45, 7) is 2.06. The number of aromatic nitrogens is 2. The molecular weight excluding hydrogens is 340 g/mol. The van der Waals surface area contributed by atoms with Gasteiger partial charge in [0.2, 0.25) is 0 Å². The molecule has 1 aromatic heterocycles. The number of hydrogen-bond donors (Lipinski definition) is 3. The summed E-state index contributed by atoms with van der Waals surface area (Å²) in [7, 11) is 0. The van der Waals surface area contributed by atoms with E-state index in [0.29, 0.717) is 11.6 Å². The minimum Gasteiger partial charge on any atom is -0.381 e. The van der Waals surface area contributed by atoms with Crippen molar-refractivity contribution in [3.63, 3.8) is 0 Å². The Morgan fingerprint density at radius 2 is 1.35 bits per heavy atom. The lowest BCUT2D eigenvalue weighted by Gasteiger charge is -2.08. The van der Waals surface area contributed by atoms with Gasteiger partial charge in [-0.15, -0.1) is 12.6 Å². The van der Waals surface area contributed by atoms with Gasteiger partial charge < -0.3 is 11.1 Å². The number of nitrogen functional groups attached to an aromatic ring is 1. The van der Waals surface area contributed by atoms with E-state index in [1.807, 2.05) is 78.9 Å². The van der Waals surface area contributed by atoms with E-state index in [4.69, 9.17) is 5.73 Å². The summed E-state index contributed by atoms with van der Waals surface area (Å²) in [5, 5.41) is 3.17. The average Bonchev–Trinajstić information content (AvgIpc) is 2.66. The third-order valence-electron chi connectivity index (χ3n) is 3.67. The first-order valence-corrected chi connectivity index (χ1v) is 8.66. The highest BCUT2D eigenvalue weighted by molar-refractivity contribution is 7.80. The Morgan fingerprint density at radius 1 is 0.769 bits per heavy atom. The van der Waals surface area contributed by atoms with E-state index >= 15 is 0 Å². The number of fused-ring (bicyclic) bond motifs is 1. The molecule has 0 radical (unpaired) electrons. The third-order valence-corrected chi connectivity index (χ3v) is 3.97. The van der Waals surface area contributed by atoms with Crippen LogP contribution in [0.15, 0.2) is 83.8 Å². The van der Waals surface area contributed by atoms with Gasteiger partial charge in [0.25, 0.3) is 0 Å². The number of nitrogens with two attached hydrogens (primary N) is 1. The van der Waals surface area contributed by atoms with Gasteiger partial charge in [-0.25, -0.2) is 9.97 Å². The van der Waals surface area contributed by atoms with Crippen molar-refractivity contribution in [3.8, 4) is 0 Å². The van der Waals surface area contributed by atoms with Gasteiger partial charge >= 0.3 is 0 Å². The van der Waals surface area contributed by atoms with Crippen LogP contribution in [0, 0.1) is 6.92 Å². The van der Waals surface area contributed by atoms with Crippen LogP contribution >= 0.6 is 12.6 Å². The summed E-state index contributed by atoms with van der Waals surface area (Å²) in [5.74, 6) is 0.984. The molecule has 0 fully saturated rings. The first-order chi connectivity index (χ1) is 12.6. The third kappa shape index (κ3) is 4.74. The Kier molecular flexibility index (Phi) is 5.71. The number of anilines is 3. The Hall–Kier alpha value is -3.05. The van der Waals surface area contributed by atoms with Gasteiger partial charge in [0, 0.05) is 10.6 Å². The van der Waals surface area contributed by atoms with Crippen LogP contribution in [0.4, 0.5) is 17.3 Å². The van der Waals surface area contributed by atoms with Crippen molar-refractivity contribution >= 4 is 41.0 Å². The molecule has 4 nitrogen and oxygen atoms in total. The number of nitrogens with zero attached hydrogens (tertiary/aromatic N) is 2. The second-order valence-electron chi connectivity index (χ2n) is 5.77. The fourth-order valence-corrected chi connectivity index (χ4v) is 2.46. The fraction of sp³-hybridized carbons (Fsp3) is 0.0476. The van der Waals surface area contributed by atoms with E-state index in [-0.39, 0.29) is 0 Å². The molecular formula is C21H20N4S. The van der Waals surface area contributed by atoms with Gasteiger partial charge in [-0.05, 0) is 43.3 Å². The summed E-state index contributed by atoms with van der Waals surface area (Å²) >= 11 is 4.13. The largest absolute Gasteiger partial charge is 0.381 e. The summed E-state index contributed by atoms with van der Waals surface area (Å²) in [6.07, 6.45) is 0. The van der Waals surface area contributed by atoms with Crippen molar-refractivity contribution in [1.82, 2.24) is 9.97 Å². The number of aryl methyl sites for hydroxylation is 1. The normalized spacial score (nSPS) is 10.1. The monoisotopic (exact) mass is 360 g/mol. The topological polar surface area (TPSA) is 63.8 Å². The Morgan fingerprint density at radius 3 is 1.96 bits per heavy atom. The van der Waals surface area contributed by atoms with E-state index in [1.165, 1.54) is 5.56 Å². The van der Waals surface area contributed by atoms with Crippen LogP contribution in [-0.2, 0) is 0 Å². The molecule has 5 heteroatoms. The minimum atomic E-state index is 0.401. The SMILES string of the molecule is Cc1ccc(S)cc1.Nc1nc2ccccc2nc1Nc1ccccc1. The van der Waals surface area contributed by atoms with E-state index < -0.39 is 0 Å². The number of benzene rings is 3. The van der Waals surface area contributed by atoms with E-state index in [1.54, 1.807) is 0 Å². The van der Waals surface area contributed by atoms with Gasteiger partial charge in [0.05, 0.1) is 11.0 Å². The smallest absolute Gasteiger partial charge is 0.174 e. The van der Waals surface area contributed by atoms with Gasteiger partial charge in [-0.3, -0.25) is 0 Å². The van der Waals surface area contributed by atoms with Crippen LogP contribution < -0.4 is 11.1 Å². The van der Waals surface area contributed by atoms with Crippen molar-refractivity contribution in [1.29, 1.82) is 0 Å². The maximum Gasteiger partial charge on any atom is 0.174 e. The molecule has 0 aliphatic heterocycles. The molecule has 0 bridgehead atoms. The molecule has 1 heterocycles. The highest BCUT2D eigenvalue weighted by Crippen LogP contribution is 2.22. The zero-order valence-electron chi connectivity index (χ0n) is 14.4. The second kappa shape index (κ2) is 8.36. The molecule has 130 valence electrons. The molecule has 0 amide bonds. The number of nitrogens with one attached hydrogen (secondary N) is 1. The lowest BCUT2D eigenvalue weighted by Crippen LogP contribution is -2.02. The number of thiol groups is 1. The molecule has 0 aliphatic carbocycles. The first kappa shape index (κ1) is 17.8. The Bertz CT molecular complexity index is 965. The summed E-state index contributed by atoms with van der Waals surface area (Å²) < 4.78 is 0. The van der Waals surface area contributed by atoms with Crippen molar-refractivity contribution in [2.24, 2.45) is 0 Å². The van der Waals surface area contributed by atoms with Crippen LogP contribution in [0.25, 0.3) is 11.0 Å². The first-order valence-electron chi connectivity index (χ1n) is 8.22. The second-order valence-corrected chi connectivity index (χ2v) is 6.29. The maximum absolute atomic E-state index is 5.90. The zero-order valence-corrected chi connectivity index (χ0v) is 15.3. The molecule has 26 heavy (non-hydrogen) atoms. The zero-order chi connectivity index (χ0) is 18.4. The quantitative estimate of drug-likeness (QED) is 0.428.